The minimum absolute atomic E-state index is 0.0648. The Morgan fingerprint density at radius 3 is 2.56 bits per heavy atom. The summed E-state index contributed by atoms with van der Waals surface area (Å²) in [6, 6.07) is 12.1. The van der Waals surface area contributed by atoms with Crippen LogP contribution >= 0.6 is 23.2 Å². The maximum atomic E-state index is 13.6. The van der Waals surface area contributed by atoms with E-state index in [4.69, 9.17) is 38.0 Å². The average molecular weight is 477 g/mol. The largest absolute Gasteiger partial charge is 0.377 e. The van der Waals surface area contributed by atoms with Gasteiger partial charge >= 0.3 is 0 Å². The van der Waals surface area contributed by atoms with E-state index in [-0.39, 0.29) is 18.5 Å². The highest BCUT2D eigenvalue weighted by atomic mass is 35.5. The van der Waals surface area contributed by atoms with Gasteiger partial charge in [-0.1, -0.05) is 55.1 Å². The number of methoxy groups -OCH3 is 1. The van der Waals surface area contributed by atoms with E-state index in [1.54, 1.807) is 23.9 Å². The van der Waals surface area contributed by atoms with Crippen molar-refractivity contribution >= 4 is 29.2 Å². The van der Waals surface area contributed by atoms with Gasteiger partial charge in [-0.3, -0.25) is 0 Å². The molecular weight excluding hydrogens is 450 g/mol. The molecule has 0 saturated heterocycles. The molecule has 1 fully saturated rings. The molecule has 0 bridgehead atoms. The van der Waals surface area contributed by atoms with E-state index in [9.17, 15) is 4.39 Å². The zero-order valence-electron chi connectivity index (χ0n) is 18.3. The third-order valence-corrected chi connectivity index (χ3v) is 6.22. The first-order chi connectivity index (χ1) is 15.5. The van der Waals surface area contributed by atoms with E-state index in [1.807, 2.05) is 18.2 Å². The minimum Gasteiger partial charge on any atom is -0.377 e. The Labute approximate surface area is 198 Å². The van der Waals surface area contributed by atoms with Crippen molar-refractivity contribution in [1.29, 1.82) is 0 Å². The van der Waals surface area contributed by atoms with Crippen molar-refractivity contribution in [1.82, 2.24) is 14.8 Å². The van der Waals surface area contributed by atoms with Gasteiger partial charge in [0.2, 0.25) is 5.95 Å². The zero-order chi connectivity index (χ0) is 22.7. The number of anilines is 1. The number of aromatic nitrogens is 3. The van der Waals surface area contributed by atoms with Crippen LogP contribution in [0.1, 0.15) is 50.0 Å². The lowest BCUT2D eigenvalue weighted by atomic mass is 9.99. The third-order valence-electron chi connectivity index (χ3n) is 5.68. The molecule has 8 heteroatoms. The molecule has 1 atom stereocenters. The van der Waals surface area contributed by atoms with Gasteiger partial charge < -0.3 is 9.64 Å². The average Bonchev–Trinajstić information content (AvgIpc) is 3.50. The van der Waals surface area contributed by atoms with Gasteiger partial charge in [0.15, 0.2) is 5.82 Å². The molecule has 170 valence electrons. The van der Waals surface area contributed by atoms with Gasteiger partial charge in [0.1, 0.15) is 12.4 Å². The summed E-state index contributed by atoms with van der Waals surface area (Å²) in [6.45, 7) is 3.20. The highest BCUT2D eigenvalue weighted by Crippen LogP contribution is 2.41. The van der Waals surface area contributed by atoms with Crippen molar-refractivity contribution in [3.63, 3.8) is 0 Å². The Morgan fingerprint density at radius 1 is 1.19 bits per heavy atom. The van der Waals surface area contributed by atoms with E-state index < -0.39 is 0 Å². The summed E-state index contributed by atoms with van der Waals surface area (Å²) in [5.74, 6) is 1.70. The lowest BCUT2D eigenvalue weighted by molar-refractivity contribution is 0.176. The summed E-state index contributed by atoms with van der Waals surface area (Å²) in [5, 5.41) is 5.89. The lowest BCUT2D eigenvalue weighted by Gasteiger charge is -2.31. The monoisotopic (exact) mass is 476 g/mol. The van der Waals surface area contributed by atoms with Crippen molar-refractivity contribution in [3.8, 4) is 5.69 Å². The highest BCUT2D eigenvalue weighted by molar-refractivity contribution is 6.35. The van der Waals surface area contributed by atoms with E-state index in [0.717, 1.165) is 24.9 Å². The Hall–Kier alpha value is -2.15. The quantitative estimate of drug-likeness (QED) is 0.329. The van der Waals surface area contributed by atoms with Crippen LogP contribution in [0.4, 0.5) is 10.3 Å². The van der Waals surface area contributed by atoms with E-state index in [2.05, 4.69) is 11.8 Å². The molecule has 1 aliphatic carbocycles. The standard InChI is InChI=1S/C24H27Cl2FN4O/c1-3-12-30(22(13-16-4-5-16)17-6-9-19(27)10-7-17)24-28-23(15-32-2)31(29-24)21-11-8-18(25)14-20(21)26/h6-11,14,16,22H,3-5,12-13,15H2,1-2H3. The summed E-state index contributed by atoms with van der Waals surface area (Å²) in [7, 11) is 1.63. The molecule has 0 aliphatic heterocycles. The predicted molar refractivity (Wildman–Crippen MR) is 126 cm³/mol. The van der Waals surface area contributed by atoms with Gasteiger partial charge in [0.05, 0.1) is 16.8 Å². The summed E-state index contributed by atoms with van der Waals surface area (Å²) in [5.41, 5.74) is 1.76. The SMILES string of the molecule is CCCN(c1nc(COC)n(-c2ccc(Cl)cc2Cl)n1)C(CC1CC1)c1ccc(F)cc1. The highest BCUT2D eigenvalue weighted by Gasteiger charge is 2.32. The maximum absolute atomic E-state index is 13.6. The first-order valence-corrected chi connectivity index (χ1v) is 11.7. The Balaban J connectivity index is 1.76. The second-order valence-corrected chi connectivity index (χ2v) is 9.05. The van der Waals surface area contributed by atoms with E-state index >= 15 is 0 Å². The molecule has 1 saturated carbocycles. The molecule has 0 radical (unpaired) electrons. The lowest BCUT2D eigenvalue weighted by Crippen LogP contribution is -2.31. The smallest absolute Gasteiger partial charge is 0.246 e. The molecule has 1 aromatic heterocycles. The first kappa shape index (κ1) is 23.0. The van der Waals surface area contributed by atoms with Crippen LogP contribution in [0.15, 0.2) is 42.5 Å². The van der Waals surface area contributed by atoms with Crippen molar-refractivity contribution in [2.75, 3.05) is 18.6 Å². The van der Waals surface area contributed by atoms with Crippen LogP contribution in [0.2, 0.25) is 10.0 Å². The van der Waals surface area contributed by atoms with Crippen LogP contribution in [-0.2, 0) is 11.3 Å². The van der Waals surface area contributed by atoms with Gasteiger partial charge in [0.25, 0.3) is 0 Å². The first-order valence-electron chi connectivity index (χ1n) is 10.9. The molecule has 1 heterocycles. The van der Waals surface area contributed by atoms with Gasteiger partial charge in [0, 0.05) is 18.7 Å². The van der Waals surface area contributed by atoms with Crippen molar-refractivity contribution in [2.45, 2.75) is 45.3 Å². The van der Waals surface area contributed by atoms with Crippen LogP contribution in [0.3, 0.4) is 0 Å². The number of nitrogens with zero attached hydrogens (tertiary/aromatic N) is 4. The molecule has 1 unspecified atom stereocenters. The van der Waals surface area contributed by atoms with Crippen LogP contribution in [-0.4, -0.2) is 28.4 Å². The van der Waals surface area contributed by atoms with E-state index in [1.165, 1.54) is 25.0 Å². The normalized spacial score (nSPS) is 14.5. The summed E-state index contributed by atoms with van der Waals surface area (Å²) in [4.78, 5) is 7.06. The van der Waals surface area contributed by atoms with Gasteiger partial charge in [-0.15, -0.1) is 5.10 Å². The fourth-order valence-electron chi connectivity index (χ4n) is 3.96. The Bertz CT molecular complexity index is 1050. The third kappa shape index (κ3) is 5.25. The molecule has 4 rings (SSSR count). The molecule has 0 spiro atoms. The Kier molecular flexibility index (Phi) is 7.33. The molecule has 1 aliphatic rings. The molecule has 3 aromatic rings. The summed E-state index contributed by atoms with van der Waals surface area (Å²) in [6.07, 6.45) is 4.38. The molecule has 0 N–H and O–H groups in total. The van der Waals surface area contributed by atoms with Crippen molar-refractivity contribution in [3.05, 3.63) is 69.7 Å². The summed E-state index contributed by atoms with van der Waals surface area (Å²) >= 11 is 12.6. The number of rotatable bonds is 10. The van der Waals surface area contributed by atoms with Gasteiger partial charge in [-0.05, 0) is 54.7 Å². The molecule has 2 aromatic carbocycles. The van der Waals surface area contributed by atoms with Crippen LogP contribution in [0.25, 0.3) is 5.69 Å². The number of ether oxygens (including phenoxy) is 1. The number of hydrogen-bond donors (Lipinski definition) is 0. The van der Waals surface area contributed by atoms with Crippen molar-refractivity contribution < 1.29 is 9.13 Å². The van der Waals surface area contributed by atoms with E-state index in [0.29, 0.717) is 33.4 Å². The van der Waals surface area contributed by atoms with Crippen LogP contribution < -0.4 is 4.90 Å². The fourth-order valence-corrected chi connectivity index (χ4v) is 4.44. The maximum Gasteiger partial charge on any atom is 0.246 e. The van der Waals surface area contributed by atoms with Gasteiger partial charge in [-0.2, -0.15) is 4.98 Å². The second kappa shape index (κ2) is 10.2. The molecule has 5 nitrogen and oxygen atoms in total. The molecule has 32 heavy (non-hydrogen) atoms. The van der Waals surface area contributed by atoms with Crippen LogP contribution in [0.5, 0.6) is 0 Å². The minimum atomic E-state index is -0.233. The topological polar surface area (TPSA) is 43.2 Å². The second-order valence-electron chi connectivity index (χ2n) is 8.21. The van der Waals surface area contributed by atoms with Crippen LogP contribution in [0, 0.1) is 11.7 Å². The fraction of sp³-hybridized carbons (Fsp3) is 0.417. The summed E-state index contributed by atoms with van der Waals surface area (Å²) < 4.78 is 20.7. The molecule has 0 amide bonds. The number of hydrogen-bond acceptors (Lipinski definition) is 4. The van der Waals surface area contributed by atoms with Gasteiger partial charge in [-0.25, -0.2) is 9.07 Å². The zero-order valence-corrected chi connectivity index (χ0v) is 19.8. The molecular formula is C24H27Cl2FN4O. The predicted octanol–water partition coefficient (Wildman–Crippen LogP) is 6.62. The van der Waals surface area contributed by atoms with Crippen molar-refractivity contribution in [2.24, 2.45) is 5.92 Å². The Morgan fingerprint density at radius 2 is 1.94 bits per heavy atom. The number of halogens is 3. The number of benzene rings is 2.